The normalized spacial score (nSPS) is 12.8. The fourth-order valence-corrected chi connectivity index (χ4v) is 2.99. The lowest BCUT2D eigenvalue weighted by Crippen LogP contribution is -2.31. The topological polar surface area (TPSA) is 132 Å². The Morgan fingerprint density at radius 1 is 1.00 bits per heavy atom. The van der Waals surface area contributed by atoms with E-state index in [1.165, 1.54) is 0 Å². The van der Waals surface area contributed by atoms with Crippen molar-refractivity contribution in [3.63, 3.8) is 0 Å². The van der Waals surface area contributed by atoms with E-state index < -0.39 is 18.1 Å². The minimum absolute atomic E-state index is 0.0534. The van der Waals surface area contributed by atoms with Crippen molar-refractivity contribution < 1.29 is 37.8 Å². The molecule has 0 aliphatic carbocycles. The van der Waals surface area contributed by atoms with Gasteiger partial charge in [0, 0.05) is 41.7 Å². The van der Waals surface area contributed by atoms with E-state index in [9.17, 15) is 22.8 Å². The fourth-order valence-electron chi connectivity index (χ4n) is 2.99. The number of halogens is 3. The first-order chi connectivity index (χ1) is 15.1. The molecule has 0 saturated carbocycles. The highest BCUT2D eigenvalue weighted by Crippen LogP contribution is 2.27. The number of carbonyl (C=O) groups is 3. The molecule has 8 nitrogen and oxygen atoms in total. The standard InChI is InChI=1S/C19H15N3O3.C2HF3O2/c23-18-14-10-17(22-15(14)6-8-21-18)13-5-7-20-16(9-13)11-1-3-12(4-2-11)19(24)25;3-2(4,5)1(6)7/h1-5,7,9-10,22H,6,8H2,(H,21,23)(H,24,25);(H,6,7). The molecule has 1 amide bonds. The molecule has 0 spiro atoms. The van der Waals surface area contributed by atoms with Gasteiger partial charge < -0.3 is 20.5 Å². The van der Waals surface area contributed by atoms with Crippen LogP contribution in [0.1, 0.15) is 26.4 Å². The van der Waals surface area contributed by atoms with Crippen LogP contribution in [0, 0.1) is 0 Å². The summed E-state index contributed by atoms with van der Waals surface area (Å²) in [6, 6.07) is 12.3. The number of amides is 1. The first-order valence-corrected chi connectivity index (χ1v) is 9.16. The molecule has 0 atom stereocenters. The minimum Gasteiger partial charge on any atom is -0.478 e. The van der Waals surface area contributed by atoms with E-state index in [-0.39, 0.29) is 11.5 Å². The Balaban J connectivity index is 0.000000360. The number of carboxylic acids is 2. The Morgan fingerprint density at radius 3 is 2.22 bits per heavy atom. The number of nitrogens with one attached hydrogen (secondary N) is 2. The molecule has 1 aromatic carbocycles. The van der Waals surface area contributed by atoms with E-state index >= 15 is 0 Å². The maximum atomic E-state index is 11.9. The SMILES string of the molecule is O=C(O)C(F)(F)F.O=C(O)c1ccc(-c2cc(-c3cc4c([nH]3)CCNC4=O)ccn2)cc1. The fraction of sp³-hybridized carbons (Fsp3) is 0.143. The van der Waals surface area contributed by atoms with E-state index in [0.29, 0.717) is 12.1 Å². The summed E-state index contributed by atoms with van der Waals surface area (Å²) in [4.78, 5) is 39.5. The average Bonchev–Trinajstić information content (AvgIpc) is 3.20. The molecule has 1 aliphatic rings. The van der Waals surface area contributed by atoms with Gasteiger partial charge in [0.2, 0.25) is 0 Å². The number of hydrogen-bond donors (Lipinski definition) is 4. The Hall–Kier alpha value is -4.15. The maximum Gasteiger partial charge on any atom is 0.490 e. The molecular formula is C21H16F3N3O5. The van der Waals surface area contributed by atoms with Crippen LogP contribution in [0.4, 0.5) is 13.2 Å². The number of carbonyl (C=O) groups excluding carboxylic acids is 1. The number of rotatable bonds is 3. The third kappa shape index (κ3) is 5.12. The van der Waals surface area contributed by atoms with Gasteiger partial charge in [-0.1, -0.05) is 12.1 Å². The third-order valence-electron chi connectivity index (χ3n) is 4.55. The minimum atomic E-state index is -5.08. The molecule has 1 aliphatic heterocycles. The summed E-state index contributed by atoms with van der Waals surface area (Å²) in [6.45, 7) is 0.642. The number of alkyl halides is 3. The lowest BCUT2D eigenvalue weighted by molar-refractivity contribution is -0.192. The average molecular weight is 447 g/mol. The molecule has 4 rings (SSSR count). The first kappa shape index (κ1) is 22.5. The number of aromatic amines is 1. The molecule has 11 heteroatoms. The zero-order chi connectivity index (χ0) is 23.5. The molecule has 0 saturated heterocycles. The third-order valence-corrected chi connectivity index (χ3v) is 4.55. The zero-order valence-corrected chi connectivity index (χ0v) is 16.2. The van der Waals surface area contributed by atoms with Gasteiger partial charge in [0.15, 0.2) is 0 Å². The van der Waals surface area contributed by atoms with Crippen LogP contribution >= 0.6 is 0 Å². The van der Waals surface area contributed by atoms with E-state index in [1.807, 2.05) is 18.2 Å². The van der Waals surface area contributed by atoms with Crippen LogP contribution in [-0.2, 0) is 11.2 Å². The van der Waals surface area contributed by atoms with Crippen LogP contribution in [0.5, 0.6) is 0 Å². The molecule has 2 aromatic heterocycles. The van der Waals surface area contributed by atoms with Gasteiger partial charge in [0.05, 0.1) is 16.8 Å². The molecule has 0 unspecified atom stereocenters. The number of carboxylic acid groups (broad SMARTS) is 2. The quantitative estimate of drug-likeness (QED) is 0.487. The summed E-state index contributed by atoms with van der Waals surface area (Å²) in [5, 5.41) is 18.9. The largest absolute Gasteiger partial charge is 0.490 e. The molecule has 166 valence electrons. The molecule has 3 aromatic rings. The van der Waals surface area contributed by atoms with Gasteiger partial charge in [-0.15, -0.1) is 0 Å². The van der Waals surface area contributed by atoms with Crippen molar-refractivity contribution in [2.75, 3.05) is 6.54 Å². The molecule has 4 N–H and O–H groups in total. The van der Waals surface area contributed by atoms with Crippen LogP contribution in [-0.4, -0.2) is 50.7 Å². The van der Waals surface area contributed by atoms with Crippen molar-refractivity contribution >= 4 is 17.8 Å². The van der Waals surface area contributed by atoms with Gasteiger partial charge in [-0.05, 0) is 30.3 Å². The van der Waals surface area contributed by atoms with Crippen molar-refractivity contribution in [2.45, 2.75) is 12.6 Å². The van der Waals surface area contributed by atoms with Gasteiger partial charge >= 0.3 is 18.1 Å². The highest BCUT2D eigenvalue weighted by atomic mass is 19.4. The molecule has 32 heavy (non-hydrogen) atoms. The van der Waals surface area contributed by atoms with Crippen LogP contribution in [0.3, 0.4) is 0 Å². The number of aromatic carboxylic acids is 1. The predicted octanol–water partition coefficient (Wildman–Crippen LogP) is 3.36. The number of fused-ring (bicyclic) bond motifs is 1. The lowest BCUT2D eigenvalue weighted by Gasteiger charge is -2.10. The van der Waals surface area contributed by atoms with E-state index in [2.05, 4.69) is 15.3 Å². The molecule has 0 fully saturated rings. The number of pyridine rings is 1. The van der Waals surface area contributed by atoms with Gasteiger partial charge in [-0.3, -0.25) is 9.78 Å². The second-order valence-corrected chi connectivity index (χ2v) is 6.70. The van der Waals surface area contributed by atoms with Gasteiger partial charge in [0.1, 0.15) is 0 Å². The summed E-state index contributed by atoms with van der Waals surface area (Å²) >= 11 is 0. The zero-order valence-electron chi connectivity index (χ0n) is 16.2. The number of aromatic nitrogens is 2. The Kier molecular flexibility index (Phi) is 6.28. The van der Waals surface area contributed by atoms with Crippen molar-refractivity contribution in [1.29, 1.82) is 0 Å². The molecular weight excluding hydrogens is 431 g/mol. The summed E-state index contributed by atoms with van der Waals surface area (Å²) in [6.07, 6.45) is -2.59. The first-order valence-electron chi connectivity index (χ1n) is 9.16. The van der Waals surface area contributed by atoms with Crippen molar-refractivity contribution in [3.05, 3.63) is 65.5 Å². The second kappa shape index (κ2) is 8.92. The van der Waals surface area contributed by atoms with Crippen LogP contribution in [0.25, 0.3) is 22.5 Å². The summed E-state index contributed by atoms with van der Waals surface area (Å²) in [5.41, 5.74) is 5.24. The van der Waals surface area contributed by atoms with E-state index in [1.54, 1.807) is 30.5 Å². The van der Waals surface area contributed by atoms with Crippen LogP contribution in [0.2, 0.25) is 0 Å². The number of H-pyrrole nitrogens is 1. The Labute approximate surface area is 178 Å². The van der Waals surface area contributed by atoms with Gasteiger partial charge in [-0.25, -0.2) is 9.59 Å². The van der Waals surface area contributed by atoms with Crippen LogP contribution < -0.4 is 5.32 Å². The molecule has 0 bridgehead atoms. The maximum absolute atomic E-state index is 11.9. The van der Waals surface area contributed by atoms with Crippen molar-refractivity contribution in [2.24, 2.45) is 0 Å². The number of hydrogen-bond acceptors (Lipinski definition) is 4. The van der Waals surface area contributed by atoms with Crippen LogP contribution in [0.15, 0.2) is 48.7 Å². The van der Waals surface area contributed by atoms with Crippen molar-refractivity contribution in [3.8, 4) is 22.5 Å². The smallest absolute Gasteiger partial charge is 0.478 e. The lowest BCUT2D eigenvalue weighted by atomic mass is 10.1. The second-order valence-electron chi connectivity index (χ2n) is 6.70. The molecule has 3 heterocycles. The molecule has 0 radical (unpaired) electrons. The number of benzene rings is 1. The summed E-state index contributed by atoms with van der Waals surface area (Å²) in [5.74, 6) is -3.77. The number of aliphatic carboxylic acids is 1. The predicted molar refractivity (Wildman–Crippen MR) is 106 cm³/mol. The summed E-state index contributed by atoms with van der Waals surface area (Å²) < 4.78 is 31.7. The monoisotopic (exact) mass is 447 g/mol. The van der Waals surface area contributed by atoms with E-state index in [0.717, 1.165) is 34.6 Å². The Bertz CT molecular complexity index is 1170. The number of nitrogens with zero attached hydrogens (tertiary/aromatic N) is 1. The summed E-state index contributed by atoms with van der Waals surface area (Å²) in [7, 11) is 0. The van der Waals surface area contributed by atoms with E-state index in [4.69, 9.17) is 15.0 Å². The Morgan fingerprint density at radius 2 is 1.66 bits per heavy atom. The highest BCUT2D eigenvalue weighted by molar-refractivity contribution is 5.97. The highest BCUT2D eigenvalue weighted by Gasteiger charge is 2.38. The van der Waals surface area contributed by atoms with Gasteiger partial charge in [-0.2, -0.15) is 13.2 Å². The van der Waals surface area contributed by atoms with Crippen molar-refractivity contribution in [1.82, 2.24) is 15.3 Å². The van der Waals surface area contributed by atoms with Gasteiger partial charge in [0.25, 0.3) is 5.91 Å².